The van der Waals surface area contributed by atoms with E-state index in [1.807, 2.05) is 6.92 Å². The van der Waals surface area contributed by atoms with Crippen LogP contribution in [-0.4, -0.2) is 71.2 Å². The summed E-state index contributed by atoms with van der Waals surface area (Å²) in [4.78, 5) is 16.5. The highest BCUT2D eigenvalue weighted by atomic mass is 16.4. The van der Waals surface area contributed by atoms with E-state index in [-0.39, 0.29) is 0 Å². The lowest BCUT2D eigenvalue weighted by Crippen LogP contribution is -2.64. The van der Waals surface area contributed by atoms with Crippen molar-refractivity contribution in [2.45, 2.75) is 57.7 Å². The maximum atomic E-state index is 11.6. The van der Waals surface area contributed by atoms with E-state index >= 15 is 0 Å². The van der Waals surface area contributed by atoms with Gasteiger partial charge in [0.1, 0.15) is 5.54 Å². The minimum Gasteiger partial charge on any atom is -0.480 e. The van der Waals surface area contributed by atoms with Gasteiger partial charge in [-0.15, -0.1) is 0 Å². The van der Waals surface area contributed by atoms with Crippen LogP contribution in [0, 0.1) is 0 Å². The van der Waals surface area contributed by atoms with Crippen LogP contribution in [0.4, 0.5) is 0 Å². The number of hydrogen-bond donors (Lipinski definition) is 2. The lowest BCUT2D eigenvalue weighted by molar-refractivity contribution is -0.145. The third-order valence-electron chi connectivity index (χ3n) is 4.87. The first-order chi connectivity index (χ1) is 9.46. The predicted octanol–water partition coefficient (Wildman–Crippen LogP) is 0.998. The molecule has 20 heavy (non-hydrogen) atoms. The summed E-state index contributed by atoms with van der Waals surface area (Å²) in [5, 5.41) is 12.7. The zero-order valence-electron chi connectivity index (χ0n) is 13.1. The van der Waals surface area contributed by atoms with Crippen molar-refractivity contribution in [3.8, 4) is 0 Å². The zero-order chi connectivity index (χ0) is 14.8. The van der Waals surface area contributed by atoms with Gasteiger partial charge in [0.2, 0.25) is 0 Å². The van der Waals surface area contributed by atoms with Gasteiger partial charge in [0.15, 0.2) is 0 Å². The molecule has 2 fully saturated rings. The molecule has 2 heterocycles. The van der Waals surface area contributed by atoms with E-state index in [2.05, 4.69) is 22.0 Å². The molecule has 0 aromatic rings. The molecule has 5 nitrogen and oxygen atoms in total. The summed E-state index contributed by atoms with van der Waals surface area (Å²) in [6.45, 7) is 10.6. The van der Waals surface area contributed by atoms with Crippen LogP contribution in [0.2, 0.25) is 0 Å². The van der Waals surface area contributed by atoms with Gasteiger partial charge in [-0.2, -0.15) is 0 Å². The van der Waals surface area contributed by atoms with Gasteiger partial charge in [-0.3, -0.25) is 14.6 Å². The van der Waals surface area contributed by atoms with E-state index in [1.54, 1.807) is 6.92 Å². The molecule has 0 spiro atoms. The second-order valence-corrected chi connectivity index (χ2v) is 6.59. The van der Waals surface area contributed by atoms with Crippen LogP contribution in [0.3, 0.4) is 0 Å². The largest absolute Gasteiger partial charge is 0.480 e. The average molecular weight is 283 g/mol. The third-order valence-corrected chi connectivity index (χ3v) is 4.87. The molecule has 0 bridgehead atoms. The van der Waals surface area contributed by atoms with E-state index < -0.39 is 11.5 Å². The molecule has 0 amide bonds. The van der Waals surface area contributed by atoms with Crippen LogP contribution < -0.4 is 5.32 Å². The normalized spacial score (nSPS) is 31.6. The number of nitrogens with one attached hydrogen (secondary N) is 1. The number of carboxylic acid groups (broad SMARTS) is 1. The van der Waals surface area contributed by atoms with E-state index in [4.69, 9.17) is 0 Å². The van der Waals surface area contributed by atoms with Crippen LogP contribution in [0.25, 0.3) is 0 Å². The van der Waals surface area contributed by atoms with Gasteiger partial charge in [-0.25, -0.2) is 0 Å². The van der Waals surface area contributed by atoms with Crippen LogP contribution >= 0.6 is 0 Å². The van der Waals surface area contributed by atoms with Gasteiger partial charge in [-0.1, -0.05) is 13.3 Å². The highest BCUT2D eigenvalue weighted by molar-refractivity contribution is 5.78. The van der Waals surface area contributed by atoms with Gasteiger partial charge in [0, 0.05) is 31.7 Å². The van der Waals surface area contributed by atoms with Gasteiger partial charge < -0.3 is 10.4 Å². The first-order valence-electron chi connectivity index (χ1n) is 7.93. The number of carbonyl (C=O) groups is 1. The van der Waals surface area contributed by atoms with E-state index in [1.165, 1.54) is 25.8 Å². The number of nitrogens with zero attached hydrogens (tertiary/aromatic N) is 2. The maximum absolute atomic E-state index is 11.6. The zero-order valence-corrected chi connectivity index (χ0v) is 13.1. The number of likely N-dealkylation sites (N-methyl/N-ethyl adjacent to an activating group) is 1. The van der Waals surface area contributed by atoms with Crippen molar-refractivity contribution >= 4 is 5.97 Å². The Morgan fingerprint density at radius 1 is 1.40 bits per heavy atom. The van der Waals surface area contributed by atoms with Crippen molar-refractivity contribution in [1.82, 2.24) is 15.1 Å². The molecule has 0 aromatic heterocycles. The molecule has 116 valence electrons. The SMILES string of the molecule is CCNC(C)(CN1CC2CCCCN2CC1C)C(=O)O. The highest BCUT2D eigenvalue weighted by Gasteiger charge is 2.39. The Morgan fingerprint density at radius 3 is 2.80 bits per heavy atom. The van der Waals surface area contributed by atoms with Crippen LogP contribution in [-0.2, 0) is 4.79 Å². The van der Waals surface area contributed by atoms with Crippen LogP contribution in [0.1, 0.15) is 40.0 Å². The second-order valence-electron chi connectivity index (χ2n) is 6.59. The van der Waals surface area contributed by atoms with Crippen molar-refractivity contribution in [3.63, 3.8) is 0 Å². The van der Waals surface area contributed by atoms with Gasteiger partial charge >= 0.3 is 5.97 Å². The van der Waals surface area contributed by atoms with E-state index in [0.717, 1.165) is 13.1 Å². The molecule has 0 aliphatic carbocycles. The lowest BCUT2D eigenvalue weighted by atomic mass is 9.94. The number of piperazine rings is 1. The summed E-state index contributed by atoms with van der Waals surface area (Å²) in [6, 6.07) is 1.06. The quantitative estimate of drug-likeness (QED) is 0.788. The Kier molecular flexibility index (Phi) is 5.04. The molecule has 3 unspecified atom stereocenters. The summed E-state index contributed by atoms with van der Waals surface area (Å²) >= 11 is 0. The predicted molar refractivity (Wildman–Crippen MR) is 80.0 cm³/mol. The fourth-order valence-electron chi connectivity index (χ4n) is 3.63. The Balaban J connectivity index is 2.02. The summed E-state index contributed by atoms with van der Waals surface area (Å²) in [5.74, 6) is -0.752. The minimum atomic E-state index is -0.847. The molecular formula is C15H29N3O2. The molecule has 0 saturated carbocycles. The lowest BCUT2D eigenvalue weighted by Gasteiger charge is -2.49. The maximum Gasteiger partial charge on any atom is 0.324 e. The first-order valence-corrected chi connectivity index (χ1v) is 7.93. The van der Waals surface area contributed by atoms with Crippen molar-refractivity contribution in [2.24, 2.45) is 0 Å². The van der Waals surface area contributed by atoms with E-state index in [9.17, 15) is 9.90 Å². The van der Waals surface area contributed by atoms with Crippen molar-refractivity contribution in [3.05, 3.63) is 0 Å². The van der Waals surface area contributed by atoms with Crippen molar-refractivity contribution in [1.29, 1.82) is 0 Å². The number of carboxylic acids is 1. The Morgan fingerprint density at radius 2 is 2.15 bits per heavy atom. The molecule has 3 atom stereocenters. The summed E-state index contributed by atoms with van der Waals surface area (Å²) in [7, 11) is 0. The first kappa shape index (κ1) is 15.7. The monoisotopic (exact) mass is 283 g/mol. The smallest absolute Gasteiger partial charge is 0.324 e. The topological polar surface area (TPSA) is 55.8 Å². The Bertz CT molecular complexity index is 350. The van der Waals surface area contributed by atoms with E-state index in [0.29, 0.717) is 25.2 Å². The number of hydrogen-bond acceptors (Lipinski definition) is 4. The molecular weight excluding hydrogens is 254 g/mol. The fraction of sp³-hybridized carbons (Fsp3) is 0.933. The number of piperidine rings is 1. The summed E-state index contributed by atoms with van der Waals surface area (Å²) in [6.07, 6.45) is 3.88. The van der Waals surface area contributed by atoms with Gasteiger partial charge in [-0.05, 0) is 39.8 Å². The highest BCUT2D eigenvalue weighted by Crippen LogP contribution is 2.25. The molecule has 0 aromatic carbocycles. The average Bonchev–Trinajstić information content (AvgIpc) is 2.39. The summed E-state index contributed by atoms with van der Waals surface area (Å²) < 4.78 is 0. The Labute approximate surface area is 122 Å². The molecule has 2 N–H and O–H groups in total. The fourth-order valence-corrected chi connectivity index (χ4v) is 3.63. The third kappa shape index (κ3) is 3.32. The van der Waals surface area contributed by atoms with Crippen LogP contribution in [0.15, 0.2) is 0 Å². The molecule has 0 radical (unpaired) electrons. The van der Waals surface area contributed by atoms with Gasteiger partial charge in [0.05, 0.1) is 0 Å². The van der Waals surface area contributed by atoms with Crippen molar-refractivity contribution < 1.29 is 9.90 Å². The molecule has 5 heteroatoms. The van der Waals surface area contributed by atoms with Gasteiger partial charge in [0.25, 0.3) is 0 Å². The standard InChI is InChI=1S/C15H29N3O2/c1-4-16-15(3,14(19)20)11-18-10-13-7-5-6-8-17(13)9-12(18)2/h12-13,16H,4-11H2,1-3H3,(H,19,20). The minimum absolute atomic E-state index is 0.432. The van der Waals surface area contributed by atoms with Crippen LogP contribution in [0.5, 0.6) is 0 Å². The number of aliphatic carboxylic acids is 1. The molecule has 2 aliphatic rings. The Hall–Kier alpha value is -0.650. The number of fused-ring (bicyclic) bond motifs is 1. The molecule has 2 aliphatic heterocycles. The second kappa shape index (κ2) is 6.41. The summed E-state index contributed by atoms with van der Waals surface area (Å²) in [5.41, 5.74) is -0.847. The van der Waals surface area contributed by atoms with Crippen molar-refractivity contribution in [2.75, 3.05) is 32.7 Å². The number of rotatable bonds is 5. The molecule has 2 saturated heterocycles. The molecule has 2 rings (SSSR count).